The first-order valence-corrected chi connectivity index (χ1v) is 8.95. The molecular weight excluding hydrogens is 372 g/mol. The molecule has 1 aromatic carbocycles. The molecule has 0 aromatic heterocycles. The molecule has 0 spiro atoms. The summed E-state index contributed by atoms with van der Waals surface area (Å²) in [7, 11) is 0. The SMILES string of the molecule is CC.CCC.NC(=S)CCC(NC(=O)Oc1ccccc1C(=O)O)C(=O)O. The van der Waals surface area contributed by atoms with Crippen LogP contribution in [0.2, 0.25) is 0 Å². The number of nitrogens with two attached hydrogens (primary N) is 1. The van der Waals surface area contributed by atoms with Crippen molar-refractivity contribution >= 4 is 35.2 Å². The minimum absolute atomic E-state index is 0.000341. The number of carbonyl (C=O) groups excluding carboxylic acids is 1. The number of amides is 1. The monoisotopic (exact) mass is 400 g/mol. The maximum Gasteiger partial charge on any atom is 0.413 e. The van der Waals surface area contributed by atoms with Gasteiger partial charge in [0, 0.05) is 6.42 Å². The Morgan fingerprint density at radius 2 is 1.70 bits per heavy atom. The molecule has 1 atom stereocenters. The maximum atomic E-state index is 11.7. The number of thiocarbonyl (C=S) groups is 1. The highest BCUT2D eigenvalue weighted by atomic mass is 32.1. The lowest BCUT2D eigenvalue weighted by Crippen LogP contribution is -2.42. The summed E-state index contributed by atoms with van der Waals surface area (Å²) in [6.45, 7) is 8.25. The van der Waals surface area contributed by atoms with Gasteiger partial charge in [0.25, 0.3) is 0 Å². The van der Waals surface area contributed by atoms with Gasteiger partial charge in [-0.3, -0.25) is 0 Å². The molecule has 8 nitrogen and oxygen atoms in total. The molecule has 5 N–H and O–H groups in total. The molecule has 1 unspecified atom stereocenters. The number of para-hydroxylation sites is 1. The first-order valence-electron chi connectivity index (χ1n) is 8.54. The summed E-state index contributed by atoms with van der Waals surface area (Å²) >= 11 is 4.64. The zero-order chi connectivity index (χ0) is 21.4. The number of benzene rings is 1. The van der Waals surface area contributed by atoms with E-state index in [2.05, 4.69) is 31.4 Å². The molecule has 0 aliphatic heterocycles. The van der Waals surface area contributed by atoms with Crippen molar-refractivity contribution in [2.45, 2.75) is 53.0 Å². The maximum absolute atomic E-state index is 11.7. The second-order valence-electron chi connectivity index (χ2n) is 4.94. The van der Waals surface area contributed by atoms with Gasteiger partial charge in [0.2, 0.25) is 0 Å². The molecule has 9 heteroatoms. The molecule has 0 heterocycles. The number of ether oxygens (including phenoxy) is 1. The Balaban J connectivity index is 0. The van der Waals surface area contributed by atoms with Gasteiger partial charge < -0.3 is 26.0 Å². The van der Waals surface area contributed by atoms with Gasteiger partial charge in [0.1, 0.15) is 17.4 Å². The highest BCUT2D eigenvalue weighted by Crippen LogP contribution is 2.18. The summed E-state index contributed by atoms with van der Waals surface area (Å²) in [5, 5.41) is 20.1. The van der Waals surface area contributed by atoms with E-state index in [0.29, 0.717) is 0 Å². The minimum Gasteiger partial charge on any atom is -0.480 e. The van der Waals surface area contributed by atoms with E-state index in [1.165, 1.54) is 30.7 Å². The Labute approximate surface area is 164 Å². The number of nitrogens with one attached hydrogen (secondary N) is 1. The predicted octanol–water partition coefficient (Wildman–Crippen LogP) is 3.44. The molecule has 152 valence electrons. The van der Waals surface area contributed by atoms with Crippen LogP contribution in [0.1, 0.15) is 57.3 Å². The van der Waals surface area contributed by atoms with Gasteiger partial charge in [0.05, 0.1) is 4.99 Å². The van der Waals surface area contributed by atoms with Crippen LogP contribution in [0.25, 0.3) is 0 Å². The molecule has 0 radical (unpaired) electrons. The number of aromatic carboxylic acids is 1. The van der Waals surface area contributed by atoms with Gasteiger partial charge >= 0.3 is 18.0 Å². The van der Waals surface area contributed by atoms with Gasteiger partial charge in [-0.1, -0.05) is 58.5 Å². The van der Waals surface area contributed by atoms with Crippen LogP contribution < -0.4 is 15.8 Å². The van der Waals surface area contributed by atoms with Gasteiger partial charge in [-0.25, -0.2) is 14.4 Å². The second kappa shape index (κ2) is 15.6. The van der Waals surface area contributed by atoms with Gasteiger partial charge in [-0.2, -0.15) is 0 Å². The van der Waals surface area contributed by atoms with E-state index in [1.807, 2.05) is 13.8 Å². The molecule has 0 bridgehead atoms. The molecule has 0 saturated carbocycles. The molecule has 1 rings (SSSR count). The lowest BCUT2D eigenvalue weighted by atomic mass is 10.1. The first-order chi connectivity index (χ1) is 12.7. The van der Waals surface area contributed by atoms with Crippen LogP contribution in [0.3, 0.4) is 0 Å². The highest BCUT2D eigenvalue weighted by Gasteiger charge is 2.22. The number of carboxylic acids is 2. The zero-order valence-corrected chi connectivity index (χ0v) is 16.8. The number of hydrogen-bond donors (Lipinski definition) is 4. The lowest BCUT2D eigenvalue weighted by molar-refractivity contribution is -0.139. The fourth-order valence-corrected chi connectivity index (χ4v) is 1.67. The molecule has 1 aromatic rings. The first kappa shape index (κ1) is 26.5. The van der Waals surface area contributed by atoms with Crippen LogP contribution in [0.4, 0.5) is 4.79 Å². The van der Waals surface area contributed by atoms with Crippen molar-refractivity contribution in [2.24, 2.45) is 5.73 Å². The van der Waals surface area contributed by atoms with Crippen molar-refractivity contribution < 1.29 is 29.3 Å². The van der Waals surface area contributed by atoms with Gasteiger partial charge in [-0.05, 0) is 18.6 Å². The molecule has 0 aliphatic carbocycles. The third kappa shape index (κ3) is 12.3. The summed E-state index contributed by atoms with van der Waals surface area (Å²) in [6.07, 6.45) is 0.308. The van der Waals surface area contributed by atoms with Crippen LogP contribution in [0.5, 0.6) is 5.75 Å². The molecule has 0 fully saturated rings. The summed E-state index contributed by atoms with van der Waals surface area (Å²) in [6, 6.07) is 4.25. The molecule has 1 amide bonds. The molecule has 27 heavy (non-hydrogen) atoms. The van der Waals surface area contributed by atoms with E-state index in [-0.39, 0.29) is 29.1 Å². The van der Waals surface area contributed by atoms with E-state index >= 15 is 0 Å². The lowest BCUT2D eigenvalue weighted by Gasteiger charge is -2.14. The van der Waals surface area contributed by atoms with Crippen molar-refractivity contribution in [2.75, 3.05) is 0 Å². The van der Waals surface area contributed by atoms with E-state index < -0.39 is 24.1 Å². The van der Waals surface area contributed by atoms with Crippen molar-refractivity contribution in [1.29, 1.82) is 0 Å². The summed E-state index contributed by atoms with van der Waals surface area (Å²) < 4.78 is 4.84. The Bertz CT molecular complexity index is 622. The van der Waals surface area contributed by atoms with Crippen molar-refractivity contribution in [3.63, 3.8) is 0 Å². The number of aliphatic carboxylic acids is 1. The summed E-state index contributed by atoms with van der Waals surface area (Å²) in [4.78, 5) is 33.8. The molecule has 0 saturated heterocycles. The standard InChI is InChI=1S/C13H14N2O6S.C3H8.C2H6/c14-10(22)6-5-8(12(18)19)15-13(20)21-9-4-2-1-3-7(9)11(16)17;1-3-2;1-2/h1-4,8H,5-6H2,(H2,14,22)(H,15,20)(H,16,17)(H,18,19);3H2,1-2H3;1-2H3. The quantitative estimate of drug-likeness (QED) is 0.510. The predicted molar refractivity (Wildman–Crippen MR) is 107 cm³/mol. The van der Waals surface area contributed by atoms with Crippen LogP contribution in [0.15, 0.2) is 24.3 Å². The second-order valence-corrected chi connectivity index (χ2v) is 5.46. The van der Waals surface area contributed by atoms with Crippen LogP contribution in [-0.2, 0) is 4.79 Å². The summed E-state index contributed by atoms with van der Waals surface area (Å²) in [5.41, 5.74) is 5.06. The van der Waals surface area contributed by atoms with Crippen LogP contribution >= 0.6 is 12.2 Å². The average Bonchev–Trinajstić information content (AvgIpc) is 2.61. The average molecular weight is 400 g/mol. The van der Waals surface area contributed by atoms with Crippen molar-refractivity contribution in [3.8, 4) is 5.75 Å². The van der Waals surface area contributed by atoms with Crippen LogP contribution in [-0.4, -0.2) is 39.3 Å². The normalized spacial score (nSPS) is 10.1. The van der Waals surface area contributed by atoms with Gasteiger partial charge in [0.15, 0.2) is 0 Å². The Morgan fingerprint density at radius 1 is 1.19 bits per heavy atom. The highest BCUT2D eigenvalue weighted by molar-refractivity contribution is 7.80. The number of carboxylic acid groups (broad SMARTS) is 2. The Hall–Kier alpha value is -2.68. The fraction of sp³-hybridized carbons (Fsp3) is 0.444. The van der Waals surface area contributed by atoms with Crippen LogP contribution in [0, 0.1) is 0 Å². The topological polar surface area (TPSA) is 139 Å². The fourth-order valence-electron chi connectivity index (χ4n) is 1.55. The Morgan fingerprint density at radius 3 is 2.15 bits per heavy atom. The van der Waals surface area contributed by atoms with E-state index in [1.54, 1.807) is 0 Å². The molecule has 0 aliphatic rings. The molecular formula is C18H28N2O6S. The van der Waals surface area contributed by atoms with Gasteiger partial charge in [-0.15, -0.1) is 0 Å². The largest absolute Gasteiger partial charge is 0.480 e. The van der Waals surface area contributed by atoms with Crippen molar-refractivity contribution in [3.05, 3.63) is 29.8 Å². The third-order valence-corrected chi connectivity index (χ3v) is 2.79. The summed E-state index contributed by atoms with van der Waals surface area (Å²) in [5.74, 6) is -2.74. The number of rotatable bonds is 7. The Kier molecular flexibility index (Phi) is 15.3. The third-order valence-electron chi connectivity index (χ3n) is 2.59. The van der Waals surface area contributed by atoms with E-state index in [4.69, 9.17) is 20.7 Å². The number of carbonyl (C=O) groups is 3. The van der Waals surface area contributed by atoms with Crippen molar-refractivity contribution in [1.82, 2.24) is 5.32 Å². The number of hydrogen-bond acceptors (Lipinski definition) is 5. The zero-order valence-electron chi connectivity index (χ0n) is 16.0. The van der Waals surface area contributed by atoms with E-state index in [9.17, 15) is 14.4 Å². The van der Waals surface area contributed by atoms with E-state index in [0.717, 1.165) is 0 Å². The smallest absolute Gasteiger partial charge is 0.413 e. The minimum atomic E-state index is -1.28.